The summed E-state index contributed by atoms with van der Waals surface area (Å²) < 4.78 is 27.2. The highest BCUT2D eigenvalue weighted by Gasteiger charge is 2.41. The highest BCUT2D eigenvalue weighted by molar-refractivity contribution is 8.13. The summed E-state index contributed by atoms with van der Waals surface area (Å²) in [6, 6.07) is 19.1. The van der Waals surface area contributed by atoms with Gasteiger partial charge in [0.05, 0.1) is 5.69 Å². The SMILES string of the molecule is O=C(CCC1N=C2c3ccccc3N=C(SCc3ccccc3F)N2C1=O)NCc1ccc(F)cc1. The first-order chi connectivity index (χ1) is 17.5. The van der Waals surface area contributed by atoms with E-state index in [2.05, 4.69) is 15.3 Å². The molecule has 2 amide bonds. The summed E-state index contributed by atoms with van der Waals surface area (Å²) in [5.74, 6) is -0.324. The van der Waals surface area contributed by atoms with Crippen LogP contribution in [-0.2, 0) is 21.9 Å². The number of benzene rings is 3. The third-order valence-corrected chi connectivity index (χ3v) is 6.90. The Labute approximate surface area is 211 Å². The van der Waals surface area contributed by atoms with Crippen molar-refractivity contribution in [3.63, 3.8) is 0 Å². The van der Waals surface area contributed by atoms with Crippen LogP contribution in [0.15, 0.2) is 82.8 Å². The number of nitrogens with one attached hydrogen (secondary N) is 1. The van der Waals surface area contributed by atoms with E-state index in [9.17, 15) is 18.4 Å². The van der Waals surface area contributed by atoms with E-state index >= 15 is 0 Å². The Balaban J connectivity index is 1.27. The molecule has 182 valence electrons. The fourth-order valence-corrected chi connectivity index (χ4v) is 4.99. The molecule has 1 atom stereocenters. The van der Waals surface area contributed by atoms with E-state index in [4.69, 9.17) is 0 Å². The molecule has 2 aliphatic heterocycles. The number of para-hydroxylation sites is 1. The first-order valence-corrected chi connectivity index (χ1v) is 12.5. The quantitative estimate of drug-likeness (QED) is 0.495. The lowest BCUT2D eigenvalue weighted by Gasteiger charge is -2.25. The van der Waals surface area contributed by atoms with Gasteiger partial charge in [0.1, 0.15) is 23.5 Å². The van der Waals surface area contributed by atoms with E-state index in [-0.39, 0.29) is 42.8 Å². The molecule has 36 heavy (non-hydrogen) atoms. The maximum atomic E-state index is 14.1. The molecule has 0 bridgehead atoms. The van der Waals surface area contributed by atoms with Crippen molar-refractivity contribution in [1.82, 2.24) is 10.2 Å². The normalized spacial score (nSPS) is 16.2. The summed E-state index contributed by atoms with van der Waals surface area (Å²) >= 11 is 1.27. The Morgan fingerprint density at radius 2 is 1.75 bits per heavy atom. The van der Waals surface area contributed by atoms with Gasteiger partial charge in [-0.25, -0.2) is 18.7 Å². The zero-order valence-electron chi connectivity index (χ0n) is 19.2. The van der Waals surface area contributed by atoms with Crippen molar-refractivity contribution in [2.24, 2.45) is 9.98 Å². The molecule has 3 aromatic carbocycles. The number of hydrogen-bond donors (Lipinski definition) is 1. The second-order valence-corrected chi connectivity index (χ2v) is 9.32. The van der Waals surface area contributed by atoms with Gasteiger partial charge in [-0.15, -0.1) is 0 Å². The molecular weight excluding hydrogens is 482 g/mol. The number of hydrogen-bond acceptors (Lipinski definition) is 5. The fourth-order valence-electron chi connectivity index (χ4n) is 4.00. The summed E-state index contributed by atoms with van der Waals surface area (Å²) in [5.41, 5.74) is 2.73. The van der Waals surface area contributed by atoms with Gasteiger partial charge in [0.15, 0.2) is 5.17 Å². The number of rotatable bonds is 7. The Hall–Kier alpha value is -3.85. The van der Waals surface area contributed by atoms with Crippen molar-refractivity contribution in [1.29, 1.82) is 0 Å². The van der Waals surface area contributed by atoms with Crippen LogP contribution >= 0.6 is 11.8 Å². The molecule has 0 spiro atoms. The molecule has 1 N–H and O–H groups in total. The highest BCUT2D eigenvalue weighted by atomic mass is 32.2. The number of carbonyl (C=O) groups is 2. The van der Waals surface area contributed by atoms with Gasteiger partial charge < -0.3 is 5.32 Å². The van der Waals surface area contributed by atoms with Gasteiger partial charge in [-0.1, -0.05) is 54.2 Å². The summed E-state index contributed by atoms with van der Waals surface area (Å²) in [6.45, 7) is 0.273. The molecule has 1 unspecified atom stereocenters. The number of thioether (sulfide) groups is 1. The van der Waals surface area contributed by atoms with Crippen LogP contribution in [-0.4, -0.2) is 33.8 Å². The molecular formula is C27H22F2N4O2S. The topological polar surface area (TPSA) is 74.1 Å². The molecule has 2 heterocycles. The average Bonchev–Trinajstić information content (AvgIpc) is 3.23. The van der Waals surface area contributed by atoms with Crippen LogP contribution in [0.2, 0.25) is 0 Å². The summed E-state index contributed by atoms with van der Waals surface area (Å²) in [5, 5.41) is 3.22. The van der Waals surface area contributed by atoms with Gasteiger partial charge in [0.25, 0.3) is 5.91 Å². The van der Waals surface area contributed by atoms with Crippen molar-refractivity contribution < 1.29 is 18.4 Å². The standard InChI is InChI=1S/C27H22F2N4O2S/c28-19-11-9-17(10-12-19)15-30-24(34)14-13-23-26(35)33-25(31-23)20-6-2-4-8-22(20)32-27(33)36-16-18-5-1-3-7-21(18)29/h1-12,23H,13-16H2,(H,30,34). The molecule has 0 radical (unpaired) electrons. The van der Waals surface area contributed by atoms with Crippen LogP contribution in [0.5, 0.6) is 0 Å². The van der Waals surface area contributed by atoms with Crippen LogP contribution < -0.4 is 5.32 Å². The largest absolute Gasteiger partial charge is 0.352 e. The second-order valence-electron chi connectivity index (χ2n) is 8.38. The van der Waals surface area contributed by atoms with Crippen LogP contribution in [0.25, 0.3) is 0 Å². The maximum Gasteiger partial charge on any atom is 0.259 e. The molecule has 6 nitrogen and oxygen atoms in total. The van der Waals surface area contributed by atoms with Gasteiger partial charge in [0, 0.05) is 24.3 Å². The van der Waals surface area contributed by atoms with Crippen LogP contribution in [0.1, 0.15) is 29.5 Å². The van der Waals surface area contributed by atoms with Crippen molar-refractivity contribution in [2.75, 3.05) is 0 Å². The van der Waals surface area contributed by atoms with Gasteiger partial charge in [-0.2, -0.15) is 0 Å². The minimum atomic E-state index is -0.720. The van der Waals surface area contributed by atoms with Gasteiger partial charge in [-0.3, -0.25) is 14.6 Å². The zero-order valence-corrected chi connectivity index (χ0v) is 20.0. The molecule has 2 aliphatic rings. The zero-order chi connectivity index (χ0) is 25.1. The smallest absolute Gasteiger partial charge is 0.259 e. The molecule has 9 heteroatoms. The monoisotopic (exact) mass is 504 g/mol. The number of carbonyl (C=O) groups excluding carboxylic acids is 2. The molecule has 5 rings (SSSR count). The van der Waals surface area contributed by atoms with Gasteiger partial charge in [0.2, 0.25) is 5.91 Å². The maximum absolute atomic E-state index is 14.1. The average molecular weight is 505 g/mol. The minimum Gasteiger partial charge on any atom is -0.352 e. The fraction of sp³-hybridized carbons (Fsp3) is 0.185. The Morgan fingerprint density at radius 3 is 2.56 bits per heavy atom. The van der Waals surface area contributed by atoms with Crippen LogP contribution in [0.3, 0.4) is 0 Å². The summed E-state index contributed by atoms with van der Waals surface area (Å²) in [6.07, 6.45) is 0.347. The van der Waals surface area contributed by atoms with E-state index in [0.717, 1.165) is 11.1 Å². The first-order valence-electron chi connectivity index (χ1n) is 11.5. The van der Waals surface area contributed by atoms with E-state index in [0.29, 0.717) is 28.0 Å². The lowest BCUT2D eigenvalue weighted by atomic mass is 10.1. The Kier molecular flexibility index (Phi) is 6.90. The number of aliphatic imine (C=N–C) groups is 2. The Morgan fingerprint density at radius 1 is 1.00 bits per heavy atom. The van der Waals surface area contributed by atoms with E-state index in [1.165, 1.54) is 34.9 Å². The third-order valence-electron chi connectivity index (χ3n) is 5.91. The minimum absolute atomic E-state index is 0.110. The number of amidine groups is 2. The van der Waals surface area contributed by atoms with Crippen LogP contribution in [0, 0.1) is 11.6 Å². The number of amides is 2. The van der Waals surface area contributed by atoms with E-state index in [1.54, 1.807) is 30.3 Å². The summed E-state index contributed by atoms with van der Waals surface area (Å²) in [4.78, 5) is 36.5. The lowest BCUT2D eigenvalue weighted by molar-refractivity contribution is -0.125. The van der Waals surface area contributed by atoms with E-state index < -0.39 is 6.04 Å². The molecule has 3 aromatic rings. The second kappa shape index (κ2) is 10.4. The van der Waals surface area contributed by atoms with Gasteiger partial charge >= 0.3 is 0 Å². The third kappa shape index (κ3) is 5.06. The molecule has 0 fully saturated rings. The molecule has 0 saturated heterocycles. The van der Waals surface area contributed by atoms with E-state index in [1.807, 2.05) is 24.3 Å². The number of nitrogens with zero attached hydrogens (tertiary/aromatic N) is 3. The number of halogens is 2. The highest BCUT2D eigenvalue weighted by Crippen LogP contribution is 2.35. The first kappa shape index (κ1) is 23.9. The van der Waals surface area contributed by atoms with Crippen molar-refractivity contribution >= 4 is 40.3 Å². The Bertz CT molecular complexity index is 1370. The summed E-state index contributed by atoms with van der Waals surface area (Å²) in [7, 11) is 0. The van der Waals surface area contributed by atoms with Crippen molar-refractivity contribution in [3.05, 3.63) is 101 Å². The van der Waals surface area contributed by atoms with Crippen molar-refractivity contribution in [3.8, 4) is 0 Å². The molecule has 0 saturated carbocycles. The van der Waals surface area contributed by atoms with Crippen molar-refractivity contribution in [2.45, 2.75) is 31.2 Å². The lowest BCUT2D eigenvalue weighted by Crippen LogP contribution is -2.41. The van der Waals surface area contributed by atoms with Crippen LogP contribution in [0.4, 0.5) is 14.5 Å². The molecule has 0 aromatic heterocycles. The predicted molar refractivity (Wildman–Crippen MR) is 136 cm³/mol. The molecule has 0 aliphatic carbocycles. The number of fused-ring (bicyclic) bond motifs is 3. The van der Waals surface area contributed by atoms with Gasteiger partial charge in [-0.05, 0) is 47.9 Å². The predicted octanol–water partition coefficient (Wildman–Crippen LogP) is 4.95.